The van der Waals surface area contributed by atoms with Crippen LogP contribution in [0.15, 0.2) is 29.4 Å². The molecule has 0 atom stereocenters. The largest absolute Gasteiger partial charge is 0.274 e. The van der Waals surface area contributed by atoms with Crippen molar-refractivity contribution in [2.45, 2.75) is 57.4 Å². The van der Waals surface area contributed by atoms with Crippen LogP contribution in [0, 0.1) is 5.92 Å². The maximum Gasteiger partial charge on any atom is 0.235 e. The lowest BCUT2D eigenvalue weighted by molar-refractivity contribution is 0.0758. The van der Waals surface area contributed by atoms with Crippen LogP contribution in [0.5, 0.6) is 0 Å². The van der Waals surface area contributed by atoms with E-state index < -0.39 is 0 Å². The Bertz CT molecular complexity index is 507. The van der Waals surface area contributed by atoms with Gasteiger partial charge in [-0.2, -0.15) is 0 Å². The minimum absolute atomic E-state index is 0.229. The topological polar surface area (TPSA) is 34.4 Å². The van der Waals surface area contributed by atoms with Gasteiger partial charge in [-0.05, 0) is 37.8 Å². The number of aromatic nitrogens is 1. The number of hydrogen-bond donors (Lipinski definition) is 0. The molecule has 3 heteroatoms. The molecule has 1 heterocycles. The van der Waals surface area contributed by atoms with E-state index in [1.54, 1.807) is 4.57 Å². The lowest BCUT2D eigenvalue weighted by Gasteiger charge is -2.25. The molecule has 0 spiro atoms. The quantitative estimate of drug-likeness (QED) is 0.802. The van der Waals surface area contributed by atoms with Crippen LogP contribution in [-0.4, -0.2) is 16.5 Å². The Balaban J connectivity index is 1.87. The first-order chi connectivity index (χ1) is 9.34. The number of hydrogen-bond acceptors (Lipinski definition) is 2. The monoisotopic (exact) mass is 258 g/mol. The SMILES string of the molecule is O=C(C1CCC1)n1ccccc1=NC1CCCCC1. The molecule has 0 amide bonds. The van der Waals surface area contributed by atoms with Crippen LogP contribution in [-0.2, 0) is 0 Å². The molecular formula is C16H22N2O. The number of pyridine rings is 1. The third kappa shape index (κ3) is 2.80. The Kier molecular flexibility index (Phi) is 3.81. The Morgan fingerprint density at radius 1 is 1.05 bits per heavy atom. The third-order valence-electron chi connectivity index (χ3n) is 4.42. The van der Waals surface area contributed by atoms with E-state index in [-0.39, 0.29) is 11.8 Å². The summed E-state index contributed by atoms with van der Waals surface area (Å²) in [5.74, 6) is 0.467. The van der Waals surface area contributed by atoms with Crippen LogP contribution in [0.4, 0.5) is 0 Å². The fourth-order valence-electron chi connectivity index (χ4n) is 2.97. The van der Waals surface area contributed by atoms with Gasteiger partial charge in [0.25, 0.3) is 0 Å². The fourth-order valence-corrected chi connectivity index (χ4v) is 2.97. The van der Waals surface area contributed by atoms with Gasteiger partial charge in [-0.15, -0.1) is 0 Å². The van der Waals surface area contributed by atoms with Gasteiger partial charge >= 0.3 is 0 Å². The van der Waals surface area contributed by atoms with Crippen LogP contribution in [0.2, 0.25) is 0 Å². The number of nitrogens with zero attached hydrogens (tertiary/aromatic N) is 2. The molecule has 2 saturated carbocycles. The van der Waals surface area contributed by atoms with E-state index in [1.165, 1.54) is 38.5 Å². The molecule has 0 aromatic carbocycles. The lowest BCUT2D eigenvalue weighted by atomic mass is 9.85. The molecule has 2 aliphatic carbocycles. The highest BCUT2D eigenvalue weighted by Crippen LogP contribution is 2.27. The van der Waals surface area contributed by atoms with Crippen LogP contribution in [0.3, 0.4) is 0 Å². The summed E-state index contributed by atoms with van der Waals surface area (Å²) in [5, 5.41) is 0. The molecular weight excluding hydrogens is 236 g/mol. The minimum atomic E-state index is 0.229. The van der Waals surface area contributed by atoms with Gasteiger partial charge in [0.1, 0.15) is 5.49 Å². The minimum Gasteiger partial charge on any atom is -0.274 e. The van der Waals surface area contributed by atoms with Crippen molar-refractivity contribution in [3.05, 3.63) is 29.9 Å². The van der Waals surface area contributed by atoms with Crippen LogP contribution in [0.1, 0.15) is 56.2 Å². The Labute approximate surface area is 114 Å². The van der Waals surface area contributed by atoms with Crippen molar-refractivity contribution in [2.24, 2.45) is 10.9 Å². The second kappa shape index (κ2) is 5.72. The zero-order chi connectivity index (χ0) is 13.1. The van der Waals surface area contributed by atoms with Gasteiger partial charge < -0.3 is 0 Å². The summed E-state index contributed by atoms with van der Waals surface area (Å²) in [4.78, 5) is 17.2. The van der Waals surface area contributed by atoms with E-state index in [0.717, 1.165) is 18.3 Å². The molecule has 2 aliphatic rings. The summed E-state index contributed by atoms with van der Waals surface area (Å²) in [7, 11) is 0. The van der Waals surface area contributed by atoms with Crippen LogP contribution >= 0.6 is 0 Å². The van der Waals surface area contributed by atoms with Crippen molar-refractivity contribution in [2.75, 3.05) is 0 Å². The molecule has 3 nitrogen and oxygen atoms in total. The summed E-state index contributed by atoms with van der Waals surface area (Å²) in [5.41, 5.74) is 0.853. The van der Waals surface area contributed by atoms with E-state index in [2.05, 4.69) is 0 Å². The summed E-state index contributed by atoms with van der Waals surface area (Å²) in [6.07, 6.45) is 11.4. The van der Waals surface area contributed by atoms with Crippen LogP contribution < -0.4 is 5.49 Å². The van der Waals surface area contributed by atoms with Crippen molar-refractivity contribution >= 4 is 5.91 Å². The maximum atomic E-state index is 12.4. The Hall–Kier alpha value is -1.38. The number of carbonyl (C=O) groups is 1. The molecule has 0 bridgehead atoms. The molecule has 102 valence electrons. The summed E-state index contributed by atoms with van der Waals surface area (Å²) >= 11 is 0. The van der Waals surface area contributed by atoms with Gasteiger partial charge in [0.05, 0.1) is 6.04 Å². The lowest BCUT2D eigenvalue weighted by Crippen LogP contribution is -2.35. The molecule has 0 saturated heterocycles. The van der Waals surface area contributed by atoms with Crippen LogP contribution in [0.25, 0.3) is 0 Å². The predicted molar refractivity (Wildman–Crippen MR) is 74.8 cm³/mol. The van der Waals surface area contributed by atoms with Gasteiger partial charge in [0.15, 0.2) is 0 Å². The van der Waals surface area contributed by atoms with Crippen molar-refractivity contribution in [1.82, 2.24) is 4.57 Å². The zero-order valence-electron chi connectivity index (χ0n) is 11.4. The Morgan fingerprint density at radius 3 is 2.53 bits per heavy atom. The summed E-state index contributed by atoms with van der Waals surface area (Å²) in [6, 6.07) is 6.30. The molecule has 0 aliphatic heterocycles. The van der Waals surface area contributed by atoms with E-state index >= 15 is 0 Å². The van der Waals surface area contributed by atoms with E-state index in [0.29, 0.717) is 6.04 Å². The van der Waals surface area contributed by atoms with Gasteiger partial charge in [-0.25, -0.2) is 0 Å². The predicted octanol–water partition coefficient (Wildman–Crippen LogP) is 3.16. The molecule has 1 aromatic rings. The highest BCUT2D eigenvalue weighted by atomic mass is 16.2. The zero-order valence-corrected chi connectivity index (χ0v) is 11.4. The molecule has 19 heavy (non-hydrogen) atoms. The smallest absolute Gasteiger partial charge is 0.235 e. The van der Waals surface area contributed by atoms with Crippen molar-refractivity contribution in [3.63, 3.8) is 0 Å². The average Bonchev–Trinajstić information content (AvgIpc) is 2.38. The highest BCUT2D eigenvalue weighted by molar-refractivity contribution is 5.81. The molecule has 2 fully saturated rings. The van der Waals surface area contributed by atoms with E-state index in [4.69, 9.17) is 4.99 Å². The molecule has 1 aromatic heterocycles. The molecule has 0 N–H and O–H groups in total. The molecule has 3 rings (SSSR count). The third-order valence-corrected chi connectivity index (χ3v) is 4.42. The van der Waals surface area contributed by atoms with Crippen molar-refractivity contribution in [3.8, 4) is 0 Å². The Morgan fingerprint density at radius 2 is 1.84 bits per heavy atom. The van der Waals surface area contributed by atoms with Gasteiger partial charge in [0, 0.05) is 12.1 Å². The summed E-state index contributed by atoms with van der Waals surface area (Å²) < 4.78 is 1.78. The number of rotatable bonds is 2. The van der Waals surface area contributed by atoms with Gasteiger partial charge in [-0.1, -0.05) is 31.7 Å². The first kappa shape index (κ1) is 12.6. The maximum absolute atomic E-state index is 12.4. The average molecular weight is 258 g/mol. The first-order valence-electron chi connectivity index (χ1n) is 7.60. The number of carbonyl (C=O) groups excluding carboxylic acids is 1. The first-order valence-corrected chi connectivity index (χ1v) is 7.60. The van der Waals surface area contributed by atoms with Gasteiger partial charge in [-0.3, -0.25) is 14.4 Å². The second-order valence-electron chi connectivity index (χ2n) is 5.82. The van der Waals surface area contributed by atoms with Crippen molar-refractivity contribution < 1.29 is 4.79 Å². The molecule has 0 unspecified atom stereocenters. The van der Waals surface area contributed by atoms with E-state index in [1.807, 2.05) is 24.4 Å². The second-order valence-corrected chi connectivity index (χ2v) is 5.82. The fraction of sp³-hybridized carbons (Fsp3) is 0.625. The standard InChI is InChI=1S/C16H22N2O/c19-16(13-7-6-8-13)18-12-5-4-11-15(18)17-14-9-2-1-3-10-14/h4-5,11-14H,1-3,6-10H2. The van der Waals surface area contributed by atoms with E-state index in [9.17, 15) is 4.79 Å². The highest BCUT2D eigenvalue weighted by Gasteiger charge is 2.26. The summed E-state index contributed by atoms with van der Waals surface area (Å²) in [6.45, 7) is 0. The van der Waals surface area contributed by atoms with Crippen molar-refractivity contribution in [1.29, 1.82) is 0 Å². The molecule has 0 radical (unpaired) electrons. The van der Waals surface area contributed by atoms with Gasteiger partial charge in [0.2, 0.25) is 5.91 Å². The normalized spacial score (nSPS) is 22.2.